The molecule has 0 spiro atoms. The quantitative estimate of drug-likeness (QED) is 0.419. The van der Waals surface area contributed by atoms with Crippen molar-refractivity contribution in [1.82, 2.24) is 0 Å². The highest BCUT2D eigenvalue weighted by atomic mass is 19.4. The van der Waals surface area contributed by atoms with Gasteiger partial charge in [0.25, 0.3) is 0 Å². The molecule has 2 fully saturated rings. The number of halogens is 5. The van der Waals surface area contributed by atoms with Crippen LogP contribution in [0, 0.1) is 5.92 Å². The topological polar surface area (TPSA) is 65.0 Å². The van der Waals surface area contributed by atoms with Gasteiger partial charge in [0.2, 0.25) is 0 Å². The third-order valence-corrected chi connectivity index (χ3v) is 5.12. The van der Waals surface area contributed by atoms with E-state index in [-0.39, 0.29) is 17.9 Å². The first-order chi connectivity index (χ1) is 12.2. The maximum atomic E-state index is 14.5. The fourth-order valence-corrected chi connectivity index (χ4v) is 3.25. The summed E-state index contributed by atoms with van der Waals surface area (Å²) in [5.74, 6) is -10.1. The lowest BCUT2D eigenvalue weighted by molar-refractivity contribution is -0.411. The van der Waals surface area contributed by atoms with Gasteiger partial charge >= 0.3 is 23.9 Å². The van der Waals surface area contributed by atoms with E-state index >= 15 is 0 Å². The summed E-state index contributed by atoms with van der Waals surface area (Å²) in [6, 6.07) is 0. The molecule has 0 aromatic carbocycles. The van der Waals surface area contributed by atoms with Crippen LogP contribution in [0.2, 0.25) is 0 Å². The number of carbonyl (C=O) groups excluding carboxylic acids is 1. The van der Waals surface area contributed by atoms with Crippen molar-refractivity contribution in [1.29, 1.82) is 0 Å². The van der Waals surface area contributed by atoms with Crippen LogP contribution in [0.25, 0.3) is 0 Å². The summed E-state index contributed by atoms with van der Waals surface area (Å²) < 4.78 is 82.2. The molecule has 156 valence electrons. The highest BCUT2D eigenvalue weighted by Crippen LogP contribution is 2.55. The van der Waals surface area contributed by atoms with Gasteiger partial charge in [-0.05, 0) is 39.0 Å². The lowest BCUT2D eigenvalue weighted by Gasteiger charge is -2.43. The smallest absolute Gasteiger partial charge is 0.449 e. The Morgan fingerprint density at radius 2 is 1.93 bits per heavy atom. The van der Waals surface area contributed by atoms with Crippen molar-refractivity contribution in [2.45, 2.75) is 75.7 Å². The average Bonchev–Trinajstić information content (AvgIpc) is 2.69. The van der Waals surface area contributed by atoms with Crippen LogP contribution in [0.4, 0.5) is 22.0 Å². The Kier molecular flexibility index (Phi) is 5.68. The number of alkyl halides is 5. The van der Waals surface area contributed by atoms with Gasteiger partial charge in [0, 0.05) is 5.57 Å². The van der Waals surface area contributed by atoms with Crippen molar-refractivity contribution in [2.24, 2.45) is 5.92 Å². The second-order valence-corrected chi connectivity index (χ2v) is 7.34. The Morgan fingerprint density at radius 1 is 1.37 bits per heavy atom. The van der Waals surface area contributed by atoms with E-state index in [0.29, 0.717) is 12.8 Å². The Hall–Kier alpha value is -1.26. The van der Waals surface area contributed by atoms with Crippen LogP contribution in [0.15, 0.2) is 12.2 Å². The molecule has 2 rings (SSSR count). The van der Waals surface area contributed by atoms with Gasteiger partial charge in [-0.1, -0.05) is 13.5 Å². The molecule has 2 aliphatic rings. The summed E-state index contributed by atoms with van der Waals surface area (Å²) in [6.07, 6.45) is -5.98. The number of esters is 1. The predicted octanol–water partition coefficient (Wildman–Crippen LogP) is 3.35. The van der Waals surface area contributed by atoms with E-state index in [1.807, 2.05) is 0 Å². The summed E-state index contributed by atoms with van der Waals surface area (Å²) in [6.45, 7) is 6.25. The standard InChI is InChI=1S/C17H23F5O5/c1-5-12(10-6-11(7-10)26-13(23)9(2)3)27-14(4)8-25-16(24,15(14,18)19)17(20,21)22/h10-12,24H,2,5-8H2,1,3-4H3. The first kappa shape index (κ1) is 22.0. The molecule has 1 saturated carbocycles. The zero-order valence-electron chi connectivity index (χ0n) is 15.2. The maximum absolute atomic E-state index is 14.5. The monoisotopic (exact) mass is 402 g/mol. The van der Waals surface area contributed by atoms with Crippen molar-refractivity contribution < 1.29 is 46.1 Å². The lowest BCUT2D eigenvalue weighted by atomic mass is 9.77. The second-order valence-electron chi connectivity index (χ2n) is 7.34. The van der Waals surface area contributed by atoms with Gasteiger partial charge in [-0.15, -0.1) is 0 Å². The van der Waals surface area contributed by atoms with Crippen LogP contribution in [0.1, 0.15) is 40.0 Å². The van der Waals surface area contributed by atoms with Gasteiger partial charge in [0.1, 0.15) is 6.10 Å². The molecule has 1 heterocycles. The van der Waals surface area contributed by atoms with Gasteiger partial charge in [-0.2, -0.15) is 22.0 Å². The van der Waals surface area contributed by atoms with Gasteiger partial charge in [0.05, 0.1) is 12.7 Å². The zero-order chi connectivity index (χ0) is 20.8. The predicted molar refractivity (Wildman–Crippen MR) is 82.9 cm³/mol. The molecule has 0 radical (unpaired) electrons. The van der Waals surface area contributed by atoms with E-state index in [2.05, 4.69) is 11.3 Å². The van der Waals surface area contributed by atoms with Gasteiger partial charge in [-0.3, -0.25) is 0 Å². The maximum Gasteiger partial charge on any atom is 0.449 e. The molecule has 0 aromatic rings. The van der Waals surface area contributed by atoms with Crippen molar-refractivity contribution in [2.75, 3.05) is 6.61 Å². The summed E-state index contributed by atoms with van der Waals surface area (Å²) in [7, 11) is 0. The third-order valence-electron chi connectivity index (χ3n) is 5.12. The lowest BCUT2D eigenvalue weighted by Crippen LogP contribution is -2.64. The molecule has 1 aliphatic heterocycles. The van der Waals surface area contributed by atoms with Crippen LogP contribution in [0.3, 0.4) is 0 Å². The van der Waals surface area contributed by atoms with Crippen LogP contribution in [-0.4, -0.2) is 53.4 Å². The molecule has 3 unspecified atom stereocenters. The largest absolute Gasteiger partial charge is 0.459 e. The number of hydrogen-bond acceptors (Lipinski definition) is 5. The van der Waals surface area contributed by atoms with Crippen LogP contribution >= 0.6 is 0 Å². The van der Waals surface area contributed by atoms with E-state index in [1.54, 1.807) is 6.92 Å². The number of rotatable bonds is 6. The Bertz CT molecular complexity index is 601. The molecule has 0 aromatic heterocycles. The average molecular weight is 402 g/mol. The van der Waals surface area contributed by atoms with E-state index in [9.17, 15) is 31.9 Å². The minimum atomic E-state index is -5.68. The van der Waals surface area contributed by atoms with Crippen molar-refractivity contribution >= 4 is 5.97 Å². The summed E-state index contributed by atoms with van der Waals surface area (Å²) in [4.78, 5) is 11.5. The molecule has 3 atom stereocenters. The Morgan fingerprint density at radius 3 is 2.33 bits per heavy atom. The fraction of sp³-hybridized carbons (Fsp3) is 0.824. The minimum absolute atomic E-state index is 0.225. The van der Waals surface area contributed by atoms with E-state index in [1.165, 1.54) is 6.92 Å². The van der Waals surface area contributed by atoms with E-state index in [4.69, 9.17) is 9.47 Å². The number of hydrogen-bond donors (Lipinski definition) is 1. The highest BCUT2D eigenvalue weighted by molar-refractivity contribution is 5.87. The van der Waals surface area contributed by atoms with Gasteiger partial charge in [-0.25, -0.2) is 4.79 Å². The first-order valence-electron chi connectivity index (χ1n) is 8.53. The summed E-state index contributed by atoms with van der Waals surface area (Å²) >= 11 is 0. The Balaban J connectivity index is 2.05. The van der Waals surface area contributed by atoms with Crippen molar-refractivity contribution in [3.63, 3.8) is 0 Å². The van der Waals surface area contributed by atoms with Crippen LogP contribution < -0.4 is 0 Å². The molecule has 1 N–H and O–H groups in total. The van der Waals surface area contributed by atoms with Gasteiger partial charge in [0.15, 0.2) is 5.60 Å². The van der Waals surface area contributed by atoms with Gasteiger partial charge < -0.3 is 19.3 Å². The van der Waals surface area contributed by atoms with Crippen LogP contribution in [0.5, 0.6) is 0 Å². The molecule has 1 aliphatic carbocycles. The molecule has 10 heteroatoms. The fourth-order valence-electron chi connectivity index (χ4n) is 3.25. The molecular formula is C17H23F5O5. The molecular weight excluding hydrogens is 379 g/mol. The highest BCUT2D eigenvalue weighted by Gasteiger charge is 2.82. The molecule has 0 bridgehead atoms. The molecule has 0 amide bonds. The third kappa shape index (κ3) is 3.58. The zero-order valence-corrected chi connectivity index (χ0v) is 15.2. The normalized spacial score (nSPS) is 36.8. The number of ether oxygens (including phenoxy) is 3. The first-order valence-corrected chi connectivity index (χ1v) is 8.53. The van der Waals surface area contributed by atoms with Crippen molar-refractivity contribution in [3.8, 4) is 0 Å². The van der Waals surface area contributed by atoms with E-state index < -0.39 is 48.3 Å². The number of aliphatic hydroxyl groups is 1. The molecule has 1 saturated heterocycles. The van der Waals surface area contributed by atoms with Crippen molar-refractivity contribution in [3.05, 3.63) is 12.2 Å². The minimum Gasteiger partial charge on any atom is -0.459 e. The Labute approximate surface area is 153 Å². The SMILES string of the molecule is C=C(C)C(=O)OC1CC(C(CC)OC2(C)COC(O)(C(F)(F)F)C2(F)F)C1. The van der Waals surface area contributed by atoms with E-state index in [0.717, 1.165) is 6.92 Å². The second kappa shape index (κ2) is 6.97. The molecule has 5 nitrogen and oxygen atoms in total. The summed E-state index contributed by atoms with van der Waals surface area (Å²) in [5, 5.41) is 9.44. The number of carbonyl (C=O) groups is 1. The summed E-state index contributed by atoms with van der Waals surface area (Å²) in [5.41, 5.74) is -2.43. The molecule has 27 heavy (non-hydrogen) atoms. The van der Waals surface area contributed by atoms with Crippen LogP contribution in [-0.2, 0) is 19.0 Å².